The van der Waals surface area contributed by atoms with Crippen LogP contribution in [-0.4, -0.2) is 22.1 Å². The van der Waals surface area contributed by atoms with Crippen molar-refractivity contribution in [3.05, 3.63) is 93.1 Å². The highest BCUT2D eigenvalue weighted by Crippen LogP contribution is 2.37. The standard InChI is InChI=1S/C24H15Cl3F2N2O2/c1-2-33-24(32)21-22(13-9-10-18(28)17(27)12-13)31(19-8-4-7-16(26)20(19)29)23(30-21)14-5-3-6-15(25)11-14/h3-12H,2H2,1H3. The normalized spacial score (nSPS) is 11.0. The summed E-state index contributed by atoms with van der Waals surface area (Å²) in [4.78, 5) is 17.4. The monoisotopic (exact) mass is 506 g/mol. The minimum absolute atomic E-state index is 0.0240. The summed E-state index contributed by atoms with van der Waals surface area (Å²) in [5.41, 5.74) is 0.910. The van der Waals surface area contributed by atoms with Gasteiger partial charge in [0, 0.05) is 16.1 Å². The van der Waals surface area contributed by atoms with Crippen molar-refractivity contribution in [2.75, 3.05) is 6.61 Å². The third kappa shape index (κ3) is 4.47. The summed E-state index contributed by atoms with van der Waals surface area (Å²) in [6.45, 7) is 1.74. The molecule has 0 bridgehead atoms. The van der Waals surface area contributed by atoms with Crippen LogP contribution in [0.4, 0.5) is 8.78 Å². The Kier molecular flexibility index (Phi) is 6.70. The lowest BCUT2D eigenvalue weighted by molar-refractivity contribution is 0.0521. The Hall–Kier alpha value is -2.93. The highest BCUT2D eigenvalue weighted by atomic mass is 35.5. The molecule has 0 aliphatic heterocycles. The number of rotatable bonds is 5. The summed E-state index contributed by atoms with van der Waals surface area (Å²) >= 11 is 18.3. The Morgan fingerprint density at radius 1 is 0.970 bits per heavy atom. The van der Waals surface area contributed by atoms with Crippen LogP contribution < -0.4 is 0 Å². The maximum absolute atomic E-state index is 15.3. The quantitative estimate of drug-likeness (QED) is 0.261. The summed E-state index contributed by atoms with van der Waals surface area (Å²) < 4.78 is 35.8. The molecule has 0 unspecified atom stereocenters. The van der Waals surface area contributed by atoms with Crippen LogP contribution in [0, 0.1) is 11.6 Å². The number of hydrogen-bond donors (Lipinski definition) is 0. The third-order valence-corrected chi connectivity index (χ3v) is 5.61. The van der Waals surface area contributed by atoms with E-state index in [2.05, 4.69) is 4.98 Å². The summed E-state index contributed by atoms with van der Waals surface area (Å²) in [7, 11) is 0. The SMILES string of the molecule is CCOC(=O)c1nc(-c2cccc(Cl)c2)n(-c2cccc(Cl)c2F)c1-c1ccc(F)c(Cl)c1. The molecule has 0 aliphatic carbocycles. The highest BCUT2D eigenvalue weighted by molar-refractivity contribution is 6.31. The van der Waals surface area contributed by atoms with Gasteiger partial charge in [0.2, 0.25) is 0 Å². The van der Waals surface area contributed by atoms with Gasteiger partial charge < -0.3 is 4.74 Å². The van der Waals surface area contributed by atoms with Crippen LogP contribution in [0.1, 0.15) is 17.4 Å². The Bertz CT molecular complexity index is 1370. The fraction of sp³-hybridized carbons (Fsp3) is 0.0833. The van der Waals surface area contributed by atoms with Crippen molar-refractivity contribution in [3.63, 3.8) is 0 Å². The van der Waals surface area contributed by atoms with E-state index in [0.717, 1.165) is 6.07 Å². The molecule has 0 radical (unpaired) electrons. The van der Waals surface area contributed by atoms with Crippen LogP contribution in [0.25, 0.3) is 28.3 Å². The van der Waals surface area contributed by atoms with Gasteiger partial charge in [0.25, 0.3) is 0 Å². The molecule has 0 saturated heterocycles. The molecule has 0 spiro atoms. The minimum atomic E-state index is -0.739. The average molecular weight is 508 g/mol. The molecule has 0 N–H and O–H groups in total. The van der Waals surface area contributed by atoms with Gasteiger partial charge in [-0.15, -0.1) is 0 Å². The van der Waals surface area contributed by atoms with Crippen molar-refractivity contribution in [2.45, 2.75) is 6.92 Å². The third-order valence-electron chi connectivity index (χ3n) is 4.79. The molecular formula is C24H15Cl3F2N2O2. The molecule has 4 nitrogen and oxygen atoms in total. The summed E-state index contributed by atoms with van der Waals surface area (Å²) in [6, 6.07) is 15.1. The van der Waals surface area contributed by atoms with E-state index in [-0.39, 0.29) is 39.6 Å². The number of ether oxygens (including phenoxy) is 1. The minimum Gasteiger partial charge on any atom is -0.461 e. The molecule has 0 saturated carbocycles. The van der Waals surface area contributed by atoms with Crippen LogP contribution in [0.2, 0.25) is 15.1 Å². The number of halogens is 5. The summed E-state index contributed by atoms with van der Waals surface area (Å²) in [6.07, 6.45) is 0. The second-order valence-electron chi connectivity index (χ2n) is 6.90. The highest BCUT2D eigenvalue weighted by Gasteiger charge is 2.28. The van der Waals surface area contributed by atoms with Crippen LogP contribution in [0.15, 0.2) is 60.7 Å². The number of esters is 1. The Balaban J connectivity index is 2.15. The predicted molar refractivity (Wildman–Crippen MR) is 125 cm³/mol. The molecular weight excluding hydrogens is 493 g/mol. The summed E-state index contributed by atoms with van der Waals surface area (Å²) in [5.74, 6) is -1.91. The van der Waals surface area contributed by atoms with E-state index in [9.17, 15) is 9.18 Å². The van der Waals surface area contributed by atoms with Crippen molar-refractivity contribution in [2.24, 2.45) is 0 Å². The molecule has 1 heterocycles. The van der Waals surface area contributed by atoms with Crippen LogP contribution in [-0.2, 0) is 4.74 Å². The van der Waals surface area contributed by atoms with Crippen molar-refractivity contribution in [3.8, 4) is 28.3 Å². The Morgan fingerprint density at radius 3 is 2.42 bits per heavy atom. The molecule has 0 aliphatic rings. The number of imidazole rings is 1. The zero-order valence-corrected chi connectivity index (χ0v) is 19.3. The average Bonchev–Trinajstić information content (AvgIpc) is 3.18. The fourth-order valence-electron chi connectivity index (χ4n) is 3.39. The Labute approximate surface area is 203 Å². The molecule has 4 rings (SSSR count). The van der Waals surface area contributed by atoms with Crippen molar-refractivity contribution in [1.29, 1.82) is 0 Å². The number of aromatic nitrogens is 2. The lowest BCUT2D eigenvalue weighted by Crippen LogP contribution is -2.08. The van der Waals surface area contributed by atoms with E-state index in [1.807, 2.05) is 0 Å². The molecule has 4 aromatic rings. The second kappa shape index (κ2) is 9.51. The van der Waals surface area contributed by atoms with Crippen LogP contribution >= 0.6 is 34.8 Å². The molecule has 33 heavy (non-hydrogen) atoms. The first-order valence-corrected chi connectivity index (χ1v) is 10.9. The topological polar surface area (TPSA) is 44.1 Å². The van der Waals surface area contributed by atoms with Gasteiger partial charge >= 0.3 is 5.97 Å². The number of nitrogens with zero attached hydrogens (tertiary/aromatic N) is 2. The first-order chi connectivity index (χ1) is 15.8. The van der Waals surface area contributed by atoms with Gasteiger partial charge in [0.1, 0.15) is 11.6 Å². The van der Waals surface area contributed by atoms with Gasteiger partial charge in [0.15, 0.2) is 11.5 Å². The molecule has 9 heteroatoms. The predicted octanol–water partition coefficient (Wildman–Crippen LogP) is 7.62. The zero-order valence-electron chi connectivity index (χ0n) is 17.1. The molecule has 168 valence electrons. The lowest BCUT2D eigenvalue weighted by atomic mass is 10.1. The van der Waals surface area contributed by atoms with Gasteiger partial charge in [-0.1, -0.05) is 53.0 Å². The van der Waals surface area contributed by atoms with Crippen LogP contribution in [0.5, 0.6) is 0 Å². The van der Waals surface area contributed by atoms with Gasteiger partial charge in [-0.2, -0.15) is 0 Å². The van der Waals surface area contributed by atoms with Gasteiger partial charge in [-0.3, -0.25) is 4.57 Å². The zero-order chi connectivity index (χ0) is 23.7. The molecule has 1 aromatic heterocycles. The first kappa shape index (κ1) is 23.2. The van der Waals surface area contributed by atoms with E-state index in [1.165, 1.54) is 28.8 Å². The van der Waals surface area contributed by atoms with Crippen molar-refractivity contribution >= 4 is 40.8 Å². The largest absolute Gasteiger partial charge is 0.461 e. The van der Waals surface area contributed by atoms with Crippen LogP contribution in [0.3, 0.4) is 0 Å². The van der Waals surface area contributed by atoms with E-state index in [4.69, 9.17) is 39.5 Å². The maximum Gasteiger partial charge on any atom is 0.359 e. The number of benzene rings is 3. The van der Waals surface area contributed by atoms with Crippen molar-refractivity contribution < 1.29 is 18.3 Å². The summed E-state index contributed by atoms with van der Waals surface area (Å²) in [5, 5.41) is 0.114. The molecule has 0 fully saturated rings. The van der Waals surface area contributed by atoms with Gasteiger partial charge in [0.05, 0.1) is 28.0 Å². The number of carbonyl (C=O) groups excluding carboxylic acids is 1. The number of hydrogen-bond acceptors (Lipinski definition) is 3. The lowest BCUT2D eigenvalue weighted by Gasteiger charge is -2.15. The van der Waals surface area contributed by atoms with Crippen molar-refractivity contribution in [1.82, 2.24) is 9.55 Å². The van der Waals surface area contributed by atoms with E-state index < -0.39 is 17.6 Å². The van der Waals surface area contributed by atoms with Gasteiger partial charge in [-0.25, -0.2) is 18.6 Å². The fourth-order valence-corrected chi connectivity index (χ4v) is 3.93. The second-order valence-corrected chi connectivity index (χ2v) is 8.15. The van der Waals surface area contributed by atoms with Gasteiger partial charge in [-0.05, 0) is 49.4 Å². The maximum atomic E-state index is 15.3. The molecule has 0 amide bonds. The number of carbonyl (C=O) groups is 1. The molecule has 3 aromatic carbocycles. The van der Waals surface area contributed by atoms with E-state index >= 15 is 4.39 Å². The van der Waals surface area contributed by atoms with E-state index in [0.29, 0.717) is 16.1 Å². The smallest absolute Gasteiger partial charge is 0.359 e. The Morgan fingerprint density at radius 2 is 1.73 bits per heavy atom. The molecule has 0 atom stereocenters. The van der Waals surface area contributed by atoms with E-state index in [1.54, 1.807) is 37.3 Å². The first-order valence-electron chi connectivity index (χ1n) is 9.77.